The highest BCUT2D eigenvalue weighted by atomic mass is 16.5. The number of hydrogen-bond acceptors (Lipinski definition) is 9. The van der Waals surface area contributed by atoms with Crippen molar-refractivity contribution in [2.45, 2.75) is 32.2 Å². The third kappa shape index (κ3) is 10.2. The molecule has 0 unspecified atom stereocenters. The molecule has 12 nitrogen and oxygen atoms in total. The molecule has 4 N–H and O–H groups in total. The van der Waals surface area contributed by atoms with Crippen molar-refractivity contribution in [1.82, 2.24) is 35.3 Å². The van der Waals surface area contributed by atoms with Gasteiger partial charge in [0, 0.05) is 64.0 Å². The number of amides is 2. The third-order valence-electron chi connectivity index (χ3n) is 6.34. The van der Waals surface area contributed by atoms with Gasteiger partial charge in [0.05, 0.1) is 23.5 Å². The van der Waals surface area contributed by atoms with Crippen molar-refractivity contribution in [1.29, 1.82) is 0 Å². The van der Waals surface area contributed by atoms with E-state index in [0.717, 1.165) is 23.0 Å². The zero-order chi connectivity index (χ0) is 30.3. The van der Waals surface area contributed by atoms with Crippen LogP contribution in [0.15, 0.2) is 42.7 Å². The van der Waals surface area contributed by atoms with Crippen LogP contribution in [-0.4, -0.2) is 102 Å². The summed E-state index contributed by atoms with van der Waals surface area (Å²) in [5.41, 5.74) is 2.48. The summed E-state index contributed by atoms with van der Waals surface area (Å²) in [6, 6.07) is 5.27. The number of aromatic nitrogens is 4. The topological polar surface area (TPSA) is 140 Å². The number of anilines is 3. The lowest BCUT2D eigenvalue weighted by Gasteiger charge is -2.23. The lowest BCUT2D eigenvalue weighted by Crippen LogP contribution is -2.45. The Labute approximate surface area is 247 Å². The molecule has 2 amide bonds. The molecule has 0 aliphatic heterocycles. The second-order valence-corrected chi connectivity index (χ2v) is 10.0. The Morgan fingerprint density at radius 2 is 2.00 bits per heavy atom. The third-order valence-corrected chi connectivity index (χ3v) is 6.34. The predicted molar refractivity (Wildman–Crippen MR) is 165 cm³/mol. The molecule has 12 heteroatoms. The van der Waals surface area contributed by atoms with Crippen LogP contribution in [0.1, 0.15) is 31.7 Å². The molecule has 42 heavy (non-hydrogen) atoms. The fourth-order valence-electron chi connectivity index (χ4n) is 3.78. The normalized spacial score (nSPS) is 11.8. The fourth-order valence-corrected chi connectivity index (χ4v) is 3.78. The van der Waals surface area contributed by atoms with Crippen LogP contribution >= 0.6 is 0 Å². The number of hydrogen-bond donors (Lipinski definition) is 4. The number of aromatic amines is 1. The van der Waals surface area contributed by atoms with Crippen LogP contribution in [0.4, 0.5) is 17.5 Å². The molecule has 0 fully saturated rings. The number of likely N-dealkylation sites (N-methyl/N-ethyl adjacent to an activating group) is 2. The summed E-state index contributed by atoms with van der Waals surface area (Å²) < 4.78 is 5.15. The van der Waals surface area contributed by atoms with Gasteiger partial charge in [0.2, 0.25) is 17.8 Å². The van der Waals surface area contributed by atoms with E-state index in [1.165, 1.54) is 11.0 Å². The number of unbranched alkanes of at least 4 members (excludes halogenated alkanes) is 1. The average molecular weight is 576 g/mol. The summed E-state index contributed by atoms with van der Waals surface area (Å²) in [6.45, 7) is 4.13. The molecule has 0 saturated carbocycles. The summed E-state index contributed by atoms with van der Waals surface area (Å²) in [5, 5.41) is 17.4. The highest BCUT2D eigenvalue weighted by Gasteiger charge is 2.20. The van der Waals surface area contributed by atoms with Gasteiger partial charge in [-0.3, -0.25) is 14.7 Å². The predicted octanol–water partition coefficient (Wildman–Crippen LogP) is 2.76. The molecule has 0 bridgehead atoms. The van der Waals surface area contributed by atoms with E-state index >= 15 is 0 Å². The van der Waals surface area contributed by atoms with Crippen LogP contribution in [0.3, 0.4) is 0 Å². The number of nitrogens with zero attached hydrogens (tertiary/aromatic N) is 5. The van der Waals surface area contributed by atoms with E-state index in [1.54, 1.807) is 39.6 Å². The van der Waals surface area contributed by atoms with Crippen molar-refractivity contribution < 1.29 is 14.3 Å². The fraction of sp³-hybridized carbons (Fsp3) is 0.433. The second kappa shape index (κ2) is 16.7. The van der Waals surface area contributed by atoms with Gasteiger partial charge in [-0.25, -0.2) is 4.98 Å². The number of methoxy groups -OCH3 is 1. The summed E-state index contributed by atoms with van der Waals surface area (Å²) in [7, 11) is 7.14. The van der Waals surface area contributed by atoms with E-state index in [9.17, 15) is 9.59 Å². The number of ether oxygens (including phenoxy) is 1. The minimum Gasteiger partial charge on any atom is -0.385 e. The summed E-state index contributed by atoms with van der Waals surface area (Å²) in [5.74, 6) is 6.98. The van der Waals surface area contributed by atoms with Gasteiger partial charge in [0.15, 0.2) is 0 Å². The van der Waals surface area contributed by atoms with E-state index in [1.807, 2.05) is 37.2 Å². The van der Waals surface area contributed by atoms with Gasteiger partial charge in [-0.1, -0.05) is 17.9 Å². The monoisotopic (exact) mass is 575 g/mol. The number of rotatable bonds is 15. The van der Waals surface area contributed by atoms with Crippen LogP contribution in [0.25, 0.3) is 10.9 Å². The van der Waals surface area contributed by atoms with Gasteiger partial charge in [0.25, 0.3) is 0 Å². The van der Waals surface area contributed by atoms with Crippen molar-refractivity contribution in [3.8, 4) is 11.8 Å². The zero-order valence-corrected chi connectivity index (χ0v) is 25.0. The van der Waals surface area contributed by atoms with Crippen molar-refractivity contribution in [2.75, 3.05) is 65.1 Å². The Kier molecular flexibility index (Phi) is 12.8. The van der Waals surface area contributed by atoms with Crippen LogP contribution < -0.4 is 16.0 Å². The Bertz CT molecular complexity index is 1410. The van der Waals surface area contributed by atoms with Gasteiger partial charge < -0.3 is 30.5 Å². The molecule has 1 aromatic carbocycles. The molecule has 3 aromatic rings. The molecular weight excluding hydrogens is 534 g/mol. The largest absolute Gasteiger partial charge is 0.385 e. The van der Waals surface area contributed by atoms with E-state index in [0.29, 0.717) is 56.4 Å². The molecule has 0 saturated heterocycles. The molecule has 0 aliphatic carbocycles. The van der Waals surface area contributed by atoms with Crippen LogP contribution in [0, 0.1) is 11.8 Å². The first-order valence-electron chi connectivity index (χ1n) is 13.9. The second-order valence-electron chi connectivity index (χ2n) is 10.0. The first kappa shape index (κ1) is 32.0. The quantitative estimate of drug-likeness (QED) is 0.122. The Morgan fingerprint density at radius 1 is 1.17 bits per heavy atom. The smallest absolute Gasteiger partial charge is 0.246 e. The molecule has 1 atom stereocenters. The number of carbonyl (C=O) groups is 2. The molecule has 2 aromatic heterocycles. The maximum Gasteiger partial charge on any atom is 0.246 e. The summed E-state index contributed by atoms with van der Waals surface area (Å²) >= 11 is 0. The highest BCUT2D eigenvalue weighted by Crippen LogP contribution is 2.21. The maximum absolute atomic E-state index is 12.5. The summed E-state index contributed by atoms with van der Waals surface area (Å²) in [6.07, 6.45) is 8.79. The first-order chi connectivity index (χ1) is 20.3. The van der Waals surface area contributed by atoms with Gasteiger partial charge in [-0.05, 0) is 52.1 Å². The number of H-pyrrole nitrogens is 1. The van der Waals surface area contributed by atoms with E-state index in [-0.39, 0.29) is 11.8 Å². The molecule has 2 heterocycles. The van der Waals surface area contributed by atoms with Gasteiger partial charge in [-0.15, -0.1) is 0 Å². The van der Waals surface area contributed by atoms with Crippen molar-refractivity contribution in [3.05, 3.63) is 48.3 Å². The van der Waals surface area contributed by atoms with E-state index in [4.69, 9.17) is 4.74 Å². The minimum atomic E-state index is -0.579. The number of nitrogens with one attached hydrogen (secondary N) is 4. The van der Waals surface area contributed by atoms with Crippen LogP contribution in [0.5, 0.6) is 0 Å². The van der Waals surface area contributed by atoms with Crippen molar-refractivity contribution in [2.24, 2.45) is 0 Å². The average Bonchev–Trinajstić information content (AvgIpc) is 3.44. The zero-order valence-electron chi connectivity index (χ0n) is 25.0. The molecular formula is C30H41N9O3. The SMILES string of the molecule is COCCCNc1nc(Nc2ccc3[nH]ncc3c2)ncc1C#CCCCNC(=O)[C@H](C)N(C)C(=O)/C=C/CN(C)C. The van der Waals surface area contributed by atoms with Crippen molar-refractivity contribution in [3.63, 3.8) is 0 Å². The lowest BCUT2D eigenvalue weighted by molar-refractivity contribution is -0.135. The number of fused-ring (bicyclic) bond motifs is 1. The molecule has 3 rings (SSSR count). The van der Waals surface area contributed by atoms with Gasteiger partial charge in [-0.2, -0.15) is 10.1 Å². The van der Waals surface area contributed by atoms with Gasteiger partial charge >= 0.3 is 0 Å². The Balaban J connectivity index is 1.53. The molecule has 224 valence electrons. The highest BCUT2D eigenvalue weighted by molar-refractivity contribution is 5.92. The van der Waals surface area contributed by atoms with E-state index in [2.05, 4.69) is 48.0 Å². The van der Waals surface area contributed by atoms with Gasteiger partial charge in [0.1, 0.15) is 11.9 Å². The summed E-state index contributed by atoms with van der Waals surface area (Å²) in [4.78, 5) is 37.3. The Morgan fingerprint density at radius 3 is 2.79 bits per heavy atom. The van der Waals surface area contributed by atoms with Crippen molar-refractivity contribution >= 4 is 40.2 Å². The number of benzene rings is 1. The standard InChI is InChI=1S/C30H41N9O3/c1-22(39(4)27(40)12-9-17-38(2)3)29(41)32-15-8-6-7-11-23-20-33-30(36-28(23)31-16-10-18-42-5)35-25-13-14-26-24(19-25)21-34-37-26/h9,12-14,19-22H,6,8,10,15-18H2,1-5H3,(H,32,41)(H,34,37)(H2,31,33,35,36)/b12-9+/t22-/m0/s1. The number of carbonyl (C=O) groups excluding carboxylic acids is 2. The lowest BCUT2D eigenvalue weighted by atomic mass is 10.2. The molecule has 0 radical (unpaired) electrons. The van der Waals surface area contributed by atoms with Crippen LogP contribution in [0.2, 0.25) is 0 Å². The Hall–Kier alpha value is -4.47. The molecule has 0 aliphatic rings. The minimum absolute atomic E-state index is 0.203. The first-order valence-corrected chi connectivity index (χ1v) is 13.9. The molecule has 0 spiro atoms. The maximum atomic E-state index is 12.5. The van der Waals surface area contributed by atoms with Crippen LogP contribution in [-0.2, 0) is 14.3 Å². The van der Waals surface area contributed by atoms with E-state index < -0.39 is 6.04 Å².